The van der Waals surface area contributed by atoms with Crippen LogP contribution in [0.15, 0.2) is 83.8 Å². The van der Waals surface area contributed by atoms with Gasteiger partial charge in [-0.1, -0.05) is 36.4 Å². The van der Waals surface area contributed by atoms with Crippen LogP contribution >= 0.6 is 0 Å². The normalized spacial score (nSPS) is 11.0. The summed E-state index contributed by atoms with van der Waals surface area (Å²) in [7, 11) is -3.90. The first-order valence-electron chi connectivity index (χ1n) is 8.65. The van der Waals surface area contributed by atoms with E-state index in [0.717, 1.165) is 17.7 Å². The fraction of sp³-hybridized carbons (Fsp3) is 0.0952. The molecule has 0 saturated carbocycles. The minimum absolute atomic E-state index is 0.0486. The average molecular weight is 398 g/mol. The fourth-order valence-corrected chi connectivity index (χ4v) is 3.71. The monoisotopic (exact) mass is 398 g/mol. The van der Waals surface area contributed by atoms with Crippen LogP contribution in [-0.4, -0.2) is 20.9 Å². The Labute approximate surface area is 163 Å². The summed E-state index contributed by atoms with van der Waals surface area (Å²) in [6.45, 7) is 0.438. The molecular formula is C21H19FN2O3S. The van der Waals surface area contributed by atoms with E-state index in [9.17, 15) is 17.6 Å². The van der Waals surface area contributed by atoms with E-state index in [4.69, 9.17) is 0 Å². The first kappa shape index (κ1) is 19.6. The molecule has 2 N–H and O–H groups in total. The zero-order valence-corrected chi connectivity index (χ0v) is 15.7. The number of benzene rings is 3. The van der Waals surface area contributed by atoms with Crippen LogP contribution in [0.3, 0.4) is 0 Å². The highest BCUT2D eigenvalue weighted by Gasteiger charge is 2.16. The number of nitrogens with one attached hydrogen (secondary N) is 2. The largest absolute Gasteiger partial charge is 0.352 e. The first-order valence-corrected chi connectivity index (χ1v) is 10.1. The van der Waals surface area contributed by atoms with Gasteiger partial charge in [-0.3, -0.25) is 9.52 Å². The Morgan fingerprint density at radius 1 is 0.893 bits per heavy atom. The molecule has 3 aromatic rings. The lowest BCUT2D eigenvalue weighted by Crippen LogP contribution is -2.26. The van der Waals surface area contributed by atoms with Crippen LogP contribution in [0.5, 0.6) is 0 Å². The van der Waals surface area contributed by atoms with Crippen molar-refractivity contribution < 1.29 is 17.6 Å². The molecule has 0 aromatic heterocycles. The zero-order chi connectivity index (χ0) is 20.0. The van der Waals surface area contributed by atoms with Gasteiger partial charge in [0.2, 0.25) is 0 Å². The third-order valence-corrected chi connectivity index (χ3v) is 5.42. The molecule has 3 aromatic carbocycles. The van der Waals surface area contributed by atoms with Gasteiger partial charge in [-0.25, -0.2) is 12.8 Å². The standard InChI is InChI=1S/C21H19FN2O3S/c22-18-9-11-19(12-10-18)24-28(26,27)20-8-4-7-17(15-20)21(25)23-14-13-16-5-2-1-3-6-16/h1-12,15,24H,13-14H2,(H,23,25). The van der Waals surface area contributed by atoms with Gasteiger partial charge in [0.15, 0.2) is 0 Å². The first-order chi connectivity index (χ1) is 13.4. The van der Waals surface area contributed by atoms with Crippen LogP contribution in [0.1, 0.15) is 15.9 Å². The van der Waals surface area contributed by atoms with E-state index in [1.54, 1.807) is 6.07 Å². The number of carbonyl (C=O) groups excluding carboxylic acids is 1. The molecule has 0 aliphatic rings. The molecule has 7 heteroatoms. The number of carbonyl (C=O) groups is 1. The van der Waals surface area contributed by atoms with Crippen molar-refractivity contribution in [1.29, 1.82) is 0 Å². The van der Waals surface area contributed by atoms with Crippen molar-refractivity contribution in [3.8, 4) is 0 Å². The van der Waals surface area contributed by atoms with E-state index >= 15 is 0 Å². The number of amides is 1. The molecular weight excluding hydrogens is 379 g/mol. The summed E-state index contributed by atoms with van der Waals surface area (Å²) in [5.74, 6) is -0.813. The van der Waals surface area contributed by atoms with Gasteiger partial charge in [-0.2, -0.15) is 0 Å². The quantitative estimate of drug-likeness (QED) is 0.639. The molecule has 0 heterocycles. The van der Waals surface area contributed by atoms with E-state index in [1.807, 2.05) is 30.3 Å². The van der Waals surface area contributed by atoms with Crippen LogP contribution in [0.2, 0.25) is 0 Å². The second kappa shape index (κ2) is 8.67. The van der Waals surface area contributed by atoms with Crippen molar-refractivity contribution in [2.75, 3.05) is 11.3 Å². The Hall–Kier alpha value is -3.19. The summed E-state index contributed by atoms with van der Waals surface area (Å²) < 4.78 is 40.4. The molecule has 28 heavy (non-hydrogen) atoms. The van der Waals surface area contributed by atoms with Gasteiger partial charge in [0.25, 0.3) is 15.9 Å². The summed E-state index contributed by atoms with van der Waals surface area (Å²) >= 11 is 0. The van der Waals surface area contributed by atoms with E-state index in [1.165, 1.54) is 30.3 Å². The highest BCUT2D eigenvalue weighted by atomic mass is 32.2. The van der Waals surface area contributed by atoms with Gasteiger partial charge in [-0.15, -0.1) is 0 Å². The number of sulfonamides is 1. The minimum atomic E-state index is -3.90. The number of halogens is 1. The van der Waals surface area contributed by atoms with Crippen LogP contribution in [0.4, 0.5) is 10.1 Å². The maximum atomic E-state index is 13.0. The number of anilines is 1. The summed E-state index contributed by atoms with van der Waals surface area (Å²) in [6, 6.07) is 20.5. The van der Waals surface area contributed by atoms with Gasteiger partial charge in [0.05, 0.1) is 4.90 Å². The molecule has 0 spiro atoms. The van der Waals surface area contributed by atoms with Crippen LogP contribution in [-0.2, 0) is 16.4 Å². The highest BCUT2D eigenvalue weighted by molar-refractivity contribution is 7.92. The van der Waals surface area contributed by atoms with E-state index < -0.39 is 15.8 Å². The Morgan fingerprint density at radius 2 is 1.61 bits per heavy atom. The SMILES string of the molecule is O=C(NCCc1ccccc1)c1cccc(S(=O)(=O)Nc2ccc(F)cc2)c1. The second-order valence-electron chi connectivity index (χ2n) is 6.13. The van der Waals surface area contributed by atoms with Crippen molar-refractivity contribution in [2.24, 2.45) is 0 Å². The molecule has 0 unspecified atom stereocenters. The smallest absolute Gasteiger partial charge is 0.261 e. The number of rotatable bonds is 7. The van der Waals surface area contributed by atoms with Crippen molar-refractivity contribution >= 4 is 21.6 Å². The van der Waals surface area contributed by atoms with E-state index in [-0.39, 0.29) is 22.1 Å². The third kappa shape index (κ3) is 5.17. The van der Waals surface area contributed by atoms with Gasteiger partial charge < -0.3 is 5.32 Å². The fourth-order valence-electron chi connectivity index (χ4n) is 2.60. The Kier molecular flexibility index (Phi) is 6.06. The summed E-state index contributed by atoms with van der Waals surface area (Å²) in [6.07, 6.45) is 0.677. The molecule has 0 fully saturated rings. The lowest BCUT2D eigenvalue weighted by atomic mass is 10.1. The van der Waals surface area contributed by atoms with Crippen LogP contribution < -0.4 is 10.0 Å². The predicted molar refractivity (Wildman–Crippen MR) is 106 cm³/mol. The number of hydrogen-bond donors (Lipinski definition) is 2. The molecule has 1 amide bonds. The Bertz CT molecular complexity index is 1050. The summed E-state index contributed by atoms with van der Waals surface area (Å²) in [4.78, 5) is 12.3. The van der Waals surface area contributed by atoms with Gasteiger partial charge in [-0.05, 0) is 54.4 Å². The molecule has 0 radical (unpaired) electrons. The van der Waals surface area contributed by atoms with Crippen LogP contribution in [0.25, 0.3) is 0 Å². The van der Waals surface area contributed by atoms with Gasteiger partial charge >= 0.3 is 0 Å². The molecule has 0 saturated heterocycles. The minimum Gasteiger partial charge on any atom is -0.352 e. The Balaban J connectivity index is 1.66. The predicted octanol–water partition coefficient (Wildman–Crippen LogP) is 3.60. The van der Waals surface area contributed by atoms with E-state index in [2.05, 4.69) is 10.0 Å². The molecule has 0 bridgehead atoms. The van der Waals surface area contributed by atoms with Crippen molar-refractivity contribution in [1.82, 2.24) is 5.32 Å². The van der Waals surface area contributed by atoms with Crippen molar-refractivity contribution in [3.05, 3.63) is 95.8 Å². The zero-order valence-electron chi connectivity index (χ0n) is 14.9. The summed E-state index contributed by atoms with van der Waals surface area (Å²) in [5.41, 5.74) is 1.58. The highest BCUT2D eigenvalue weighted by Crippen LogP contribution is 2.17. The van der Waals surface area contributed by atoms with Gasteiger partial charge in [0, 0.05) is 17.8 Å². The lowest BCUT2D eigenvalue weighted by molar-refractivity contribution is 0.0954. The average Bonchev–Trinajstić information content (AvgIpc) is 2.70. The molecule has 0 atom stereocenters. The molecule has 0 aliphatic carbocycles. The summed E-state index contributed by atoms with van der Waals surface area (Å²) in [5, 5.41) is 2.79. The lowest BCUT2D eigenvalue weighted by Gasteiger charge is -2.10. The van der Waals surface area contributed by atoms with Gasteiger partial charge in [0.1, 0.15) is 5.82 Å². The topological polar surface area (TPSA) is 75.3 Å². The van der Waals surface area contributed by atoms with Crippen LogP contribution in [0, 0.1) is 5.82 Å². The maximum absolute atomic E-state index is 13.0. The molecule has 5 nitrogen and oxygen atoms in total. The molecule has 144 valence electrons. The van der Waals surface area contributed by atoms with Crippen molar-refractivity contribution in [3.63, 3.8) is 0 Å². The van der Waals surface area contributed by atoms with E-state index in [0.29, 0.717) is 13.0 Å². The Morgan fingerprint density at radius 3 is 2.32 bits per heavy atom. The third-order valence-electron chi connectivity index (χ3n) is 4.05. The molecule has 0 aliphatic heterocycles. The second-order valence-corrected chi connectivity index (χ2v) is 7.81. The number of hydrogen-bond acceptors (Lipinski definition) is 3. The molecule has 3 rings (SSSR count). The van der Waals surface area contributed by atoms with Crippen molar-refractivity contribution in [2.45, 2.75) is 11.3 Å². The maximum Gasteiger partial charge on any atom is 0.261 e.